The van der Waals surface area contributed by atoms with Gasteiger partial charge in [0.1, 0.15) is 11.2 Å². The standard InChI is InChI=1S/C17H14N6O2S/c24-23(25)16-10-19-15-7-6-14(21-22(15)16)18-9-8-13-11-26-17(20-13)12-4-2-1-3-5-12/h1-7,10-11H,8-9H2,(H,18,21). The molecule has 0 saturated carbocycles. The number of nitrogens with zero attached hydrogens (tertiary/aromatic N) is 5. The zero-order valence-corrected chi connectivity index (χ0v) is 14.4. The Balaban J connectivity index is 1.42. The molecule has 3 heterocycles. The van der Waals surface area contributed by atoms with Crippen LogP contribution in [0.4, 0.5) is 11.6 Å². The molecule has 4 aromatic rings. The second-order valence-corrected chi connectivity index (χ2v) is 6.41. The van der Waals surface area contributed by atoms with Gasteiger partial charge in [-0.25, -0.2) is 9.97 Å². The molecule has 0 bridgehead atoms. The first-order valence-electron chi connectivity index (χ1n) is 7.93. The second-order valence-electron chi connectivity index (χ2n) is 5.55. The summed E-state index contributed by atoms with van der Waals surface area (Å²) in [7, 11) is 0. The Morgan fingerprint density at radius 3 is 2.85 bits per heavy atom. The predicted molar refractivity (Wildman–Crippen MR) is 99.4 cm³/mol. The van der Waals surface area contributed by atoms with Gasteiger partial charge in [-0.3, -0.25) is 0 Å². The Bertz CT molecular complexity index is 1060. The van der Waals surface area contributed by atoms with E-state index in [1.165, 1.54) is 10.7 Å². The number of benzene rings is 1. The van der Waals surface area contributed by atoms with Crippen LogP contribution in [0, 0.1) is 10.1 Å². The van der Waals surface area contributed by atoms with Gasteiger partial charge in [-0.15, -0.1) is 11.3 Å². The van der Waals surface area contributed by atoms with E-state index in [1.807, 2.05) is 35.7 Å². The third-order valence-corrected chi connectivity index (χ3v) is 4.73. The van der Waals surface area contributed by atoms with Gasteiger partial charge in [-0.05, 0) is 11.0 Å². The molecule has 9 heteroatoms. The largest absolute Gasteiger partial charge is 0.368 e. The van der Waals surface area contributed by atoms with Crippen molar-refractivity contribution < 1.29 is 4.92 Å². The van der Waals surface area contributed by atoms with Crippen LogP contribution in [-0.2, 0) is 6.42 Å². The molecule has 0 atom stereocenters. The summed E-state index contributed by atoms with van der Waals surface area (Å²) in [5, 5.41) is 21.4. The molecule has 0 amide bonds. The predicted octanol–water partition coefficient (Wildman–Crippen LogP) is 3.42. The molecule has 1 N–H and O–H groups in total. The van der Waals surface area contributed by atoms with Crippen LogP contribution in [0.1, 0.15) is 5.69 Å². The number of thiazole rings is 1. The Labute approximate surface area is 152 Å². The van der Waals surface area contributed by atoms with Crippen LogP contribution in [0.5, 0.6) is 0 Å². The maximum atomic E-state index is 11.0. The lowest BCUT2D eigenvalue weighted by Gasteiger charge is -2.02. The van der Waals surface area contributed by atoms with Gasteiger partial charge < -0.3 is 15.4 Å². The molecule has 130 valence electrons. The number of rotatable bonds is 6. The van der Waals surface area contributed by atoms with E-state index in [2.05, 4.69) is 20.4 Å². The first-order chi connectivity index (χ1) is 12.7. The summed E-state index contributed by atoms with van der Waals surface area (Å²) < 4.78 is 1.22. The lowest BCUT2D eigenvalue weighted by molar-refractivity contribution is -0.391. The molecular weight excluding hydrogens is 352 g/mol. The van der Waals surface area contributed by atoms with Crippen molar-refractivity contribution in [2.45, 2.75) is 6.42 Å². The van der Waals surface area contributed by atoms with Gasteiger partial charge in [0.05, 0.1) is 5.69 Å². The SMILES string of the molecule is O=[N+]([O-])c1cnc2ccc(NCCc3csc(-c4ccccc4)n3)nn12. The molecule has 3 aromatic heterocycles. The number of imidazole rings is 1. The molecule has 0 fully saturated rings. The van der Waals surface area contributed by atoms with E-state index in [1.54, 1.807) is 23.5 Å². The summed E-state index contributed by atoms with van der Waals surface area (Å²) in [6.07, 6.45) is 1.93. The van der Waals surface area contributed by atoms with E-state index in [4.69, 9.17) is 0 Å². The molecule has 0 radical (unpaired) electrons. The number of nitrogens with one attached hydrogen (secondary N) is 1. The fraction of sp³-hybridized carbons (Fsp3) is 0.118. The summed E-state index contributed by atoms with van der Waals surface area (Å²) in [5.74, 6) is 0.396. The zero-order valence-electron chi connectivity index (χ0n) is 13.6. The average Bonchev–Trinajstić information content (AvgIpc) is 3.29. The zero-order chi connectivity index (χ0) is 17.9. The molecule has 1 aromatic carbocycles. The Kier molecular flexibility index (Phi) is 4.28. The Hall–Kier alpha value is -3.33. The molecule has 0 aliphatic carbocycles. The van der Waals surface area contributed by atoms with E-state index >= 15 is 0 Å². The number of nitro groups is 1. The molecule has 4 rings (SSSR count). The molecule has 0 unspecified atom stereocenters. The maximum absolute atomic E-state index is 11.0. The summed E-state index contributed by atoms with van der Waals surface area (Å²) in [6, 6.07) is 13.5. The van der Waals surface area contributed by atoms with Gasteiger partial charge in [0, 0.05) is 30.0 Å². The van der Waals surface area contributed by atoms with E-state index in [0.717, 1.165) is 22.7 Å². The highest BCUT2D eigenvalue weighted by molar-refractivity contribution is 7.13. The second kappa shape index (κ2) is 6.89. The van der Waals surface area contributed by atoms with Crippen molar-refractivity contribution in [2.75, 3.05) is 11.9 Å². The third kappa shape index (κ3) is 3.24. The smallest absolute Gasteiger partial charge is 0.367 e. The van der Waals surface area contributed by atoms with Crippen molar-refractivity contribution >= 4 is 28.6 Å². The van der Waals surface area contributed by atoms with Gasteiger partial charge in [0.15, 0.2) is 5.82 Å². The minimum Gasteiger partial charge on any atom is -0.367 e. The van der Waals surface area contributed by atoms with Gasteiger partial charge in [-0.1, -0.05) is 39.9 Å². The number of anilines is 1. The molecule has 8 nitrogen and oxygen atoms in total. The summed E-state index contributed by atoms with van der Waals surface area (Å²) >= 11 is 1.62. The monoisotopic (exact) mass is 366 g/mol. The van der Waals surface area contributed by atoms with Crippen LogP contribution >= 0.6 is 11.3 Å². The van der Waals surface area contributed by atoms with Crippen molar-refractivity contribution in [3.05, 3.63) is 69.8 Å². The van der Waals surface area contributed by atoms with Gasteiger partial charge in [-0.2, -0.15) is 0 Å². The average molecular weight is 366 g/mol. The lowest BCUT2D eigenvalue weighted by Crippen LogP contribution is -2.08. The number of aromatic nitrogens is 4. The fourth-order valence-corrected chi connectivity index (χ4v) is 3.39. The summed E-state index contributed by atoms with van der Waals surface area (Å²) in [5.41, 5.74) is 2.54. The van der Waals surface area contributed by atoms with Gasteiger partial charge in [0.2, 0.25) is 5.65 Å². The Morgan fingerprint density at radius 1 is 1.19 bits per heavy atom. The van der Waals surface area contributed by atoms with Crippen LogP contribution in [0.3, 0.4) is 0 Å². The van der Waals surface area contributed by atoms with Crippen molar-refractivity contribution in [1.82, 2.24) is 19.6 Å². The van der Waals surface area contributed by atoms with E-state index in [-0.39, 0.29) is 5.82 Å². The molecule has 0 aliphatic rings. The van der Waals surface area contributed by atoms with Crippen molar-refractivity contribution in [3.8, 4) is 10.6 Å². The molecule has 0 saturated heterocycles. The maximum Gasteiger partial charge on any atom is 0.368 e. The van der Waals surface area contributed by atoms with Gasteiger partial charge in [0.25, 0.3) is 0 Å². The summed E-state index contributed by atoms with van der Waals surface area (Å²) in [4.78, 5) is 19.1. The van der Waals surface area contributed by atoms with Crippen molar-refractivity contribution in [1.29, 1.82) is 0 Å². The highest BCUT2D eigenvalue weighted by Gasteiger charge is 2.15. The highest BCUT2D eigenvalue weighted by atomic mass is 32.1. The minimum atomic E-state index is -0.503. The first-order valence-corrected chi connectivity index (χ1v) is 8.81. The molecule has 26 heavy (non-hydrogen) atoms. The third-order valence-electron chi connectivity index (χ3n) is 3.79. The lowest BCUT2D eigenvalue weighted by atomic mass is 10.2. The van der Waals surface area contributed by atoms with Crippen molar-refractivity contribution in [3.63, 3.8) is 0 Å². The number of hydrogen-bond acceptors (Lipinski definition) is 7. The Morgan fingerprint density at radius 2 is 2.04 bits per heavy atom. The quantitative estimate of drug-likeness (QED) is 0.415. The first kappa shape index (κ1) is 16.2. The van der Waals surface area contributed by atoms with E-state index < -0.39 is 4.92 Å². The van der Waals surface area contributed by atoms with E-state index in [9.17, 15) is 10.1 Å². The molecular formula is C17H14N6O2S. The van der Waals surface area contributed by atoms with Crippen LogP contribution in [-0.4, -0.2) is 31.1 Å². The van der Waals surface area contributed by atoms with Gasteiger partial charge >= 0.3 is 5.82 Å². The summed E-state index contributed by atoms with van der Waals surface area (Å²) in [6.45, 7) is 0.624. The topological polar surface area (TPSA) is 98.2 Å². The van der Waals surface area contributed by atoms with Crippen molar-refractivity contribution in [2.24, 2.45) is 0 Å². The fourth-order valence-electron chi connectivity index (χ4n) is 2.53. The van der Waals surface area contributed by atoms with Crippen LogP contribution in [0.15, 0.2) is 54.0 Å². The molecule has 0 aliphatic heterocycles. The van der Waals surface area contributed by atoms with E-state index in [0.29, 0.717) is 18.0 Å². The number of hydrogen-bond donors (Lipinski definition) is 1. The van der Waals surface area contributed by atoms with Crippen LogP contribution < -0.4 is 5.32 Å². The van der Waals surface area contributed by atoms with Crippen LogP contribution in [0.2, 0.25) is 0 Å². The number of fused-ring (bicyclic) bond motifs is 1. The molecule has 0 spiro atoms. The minimum absolute atomic E-state index is 0.157. The normalized spacial score (nSPS) is 10.9. The van der Waals surface area contributed by atoms with Crippen LogP contribution in [0.25, 0.3) is 16.2 Å². The highest BCUT2D eigenvalue weighted by Crippen LogP contribution is 2.23.